The molecule has 1 saturated heterocycles. The van der Waals surface area contributed by atoms with Gasteiger partial charge in [0.15, 0.2) is 0 Å². The highest BCUT2D eigenvalue weighted by molar-refractivity contribution is 6.42. The summed E-state index contributed by atoms with van der Waals surface area (Å²) in [5.74, 6) is 0. The maximum atomic E-state index is 12.3. The van der Waals surface area contributed by atoms with Crippen LogP contribution in [0, 0.1) is 0 Å². The molecule has 1 fully saturated rings. The molecule has 1 aliphatic heterocycles. The van der Waals surface area contributed by atoms with Crippen molar-refractivity contribution < 1.29 is 4.79 Å². The van der Waals surface area contributed by atoms with Crippen molar-refractivity contribution in [2.75, 3.05) is 18.4 Å². The number of piperazine rings is 1. The normalized spacial score (nSPS) is 23.3. The molecule has 4 nitrogen and oxygen atoms in total. The fraction of sp³-hybridized carbons (Fsp3) is 0.462. The van der Waals surface area contributed by atoms with Crippen LogP contribution in [0.5, 0.6) is 0 Å². The molecule has 0 saturated carbocycles. The maximum absolute atomic E-state index is 12.3. The summed E-state index contributed by atoms with van der Waals surface area (Å²) in [6.45, 7) is 5.66. The van der Waals surface area contributed by atoms with Gasteiger partial charge in [-0.05, 0) is 32.0 Å². The molecule has 1 aromatic rings. The van der Waals surface area contributed by atoms with Crippen LogP contribution in [-0.4, -0.2) is 36.1 Å². The number of halogens is 2. The van der Waals surface area contributed by atoms with E-state index in [-0.39, 0.29) is 18.1 Å². The van der Waals surface area contributed by atoms with Gasteiger partial charge in [0, 0.05) is 30.9 Å². The number of hydrogen-bond acceptors (Lipinski definition) is 2. The van der Waals surface area contributed by atoms with Crippen molar-refractivity contribution in [1.82, 2.24) is 10.2 Å². The number of amides is 2. The lowest BCUT2D eigenvalue weighted by Crippen LogP contribution is -2.58. The van der Waals surface area contributed by atoms with Crippen molar-refractivity contribution in [2.45, 2.75) is 25.9 Å². The first-order chi connectivity index (χ1) is 8.99. The first-order valence-corrected chi connectivity index (χ1v) is 6.99. The molecule has 1 aliphatic rings. The summed E-state index contributed by atoms with van der Waals surface area (Å²) in [5.41, 5.74) is 0.650. The van der Waals surface area contributed by atoms with Crippen molar-refractivity contribution in [2.24, 2.45) is 0 Å². The van der Waals surface area contributed by atoms with Crippen molar-refractivity contribution in [3.05, 3.63) is 28.2 Å². The fourth-order valence-electron chi connectivity index (χ4n) is 2.29. The maximum Gasteiger partial charge on any atom is 0.322 e. The number of benzene rings is 1. The Labute approximate surface area is 123 Å². The Kier molecular flexibility index (Phi) is 4.55. The molecule has 2 atom stereocenters. The number of rotatable bonds is 1. The van der Waals surface area contributed by atoms with E-state index in [1.807, 2.05) is 18.7 Å². The molecular formula is C13H17Cl2N3O. The van der Waals surface area contributed by atoms with Gasteiger partial charge in [-0.2, -0.15) is 0 Å². The molecule has 1 heterocycles. The van der Waals surface area contributed by atoms with Gasteiger partial charge in [-0.25, -0.2) is 4.79 Å². The monoisotopic (exact) mass is 301 g/mol. The average molecular weight is 302 g/mol. The van der Waals surface area contributed by atoms with Crippen molar-refractivity contribution in [1.29, 1.82) is 0 Å². The van der Waals surface area contributed by atoms with E-state index < -0.39 is 0 Å². The zero-order chi connectivity index (χ0) is 14.0. The van der Waals surface area contributed by atoms with E-state index in [2.05, 4.69) is 10.6 Å². The van der Waals surface area contributed by atoms with Crippen LogP contribution in [0.15, 0.2) is 18.2 Å². The Bertz CT molecular complexity index is 471. The van der Waals surface area contributed by atoms with Crippen molar-refractivity contribution >= 4 is 34.9 Å². The van der Waals surface area contributed by atoms with Gasteiger partial charge in [-0.15, -0.1) is 0 Å². The Morgan fingerprint density at radius 1 is 1.26 bits per heavy atom. The Morgan fingerprint density at radius 3 is 2.47 bits per heavy atom. The third kappa shape index (κ3) is 3.32. The largest absolute Gasteiger partial charge is 0.322 e. The molecular weight excluding hydrogens is 285 g/mol. The van der Waals surface area contributed by atoms with Gasteiger partial charge in [-0.3, -0.25) is 0 Å². The topological polar surface area (TPSA) is 44.4 Å². The predicted octanol–water partition coefficient (Wildman–Crippen LogP) is 3.21. The lowest BCUT2D eigenvalue weighted by atomic mass is 10.1. The number of urea groups is 1. The Morgan fingerprint density at radius 2 is 1.89 bits per heavy atom. The summed E-state index contributed by atoms with van der Waals surface area (Å²) < 4.78 is 0. The molecule has 104 valence electrons. The van der Waals surface area contributed by atoms with Gasteiger partial charge in [0.1, 0.15) is 0 Å². The number of hydrogen-bond donors (Lipinski definition) is 2. The minimum Gasteiger partial charge on any atom is -0.317 e. The molecule has 0 radical (unpaired) electrons. The van der Waals surface area contributed by atoms with Crippen LogP contribution < -0.4 is 10.6 Å². The molecule has 0 aromatic heterocycles. The zero-order valence-electron chi connectivity index (χ0n) is 10.9. The lowest BCUT2D eigenvalue weighted by Gasteiger charge is -2.39. The van der Waals surface area contributed by atoms with E-state index in [0.29, 0.717) is 15.7 Å². The zero-order valence-corrected chi connectivity index (χ0v) is 12.4. The minimum absolute atomic E-state index is 0.111. The van der Waals surface area contributed by atoms with Gasteiger partial charge in [-0.1, -0.05) is 23.2 Å². The summed E-state index contributed by atoms with van der Waals surface area (Å²) in [6.07, 6.45) is 0. The molecule has 2 amide bonds. The molecule has 2 rings (SSSR count). The molecule has 2 unspecified atom stereocenters. The van der Waals surface area contributed by atoms with E-state index >= 15 is 0 Å². The summed E-state index contributed by atoms with van der Waals surface area (Å²) in [4.78, 5) is 14.1. The summed E-state index contributed by atoms with van der Waals surface area (Å²) in [7, 11) is 0. The van der Waals surface area contributed by atoms with Gasteiger partial charge >= 0.3 is 6.03 Å². The SMILES string of the molecule is CC1CNCC(C)N1C(=O)Nc1ccc(Cl)c(Cl)c1. The third-order valence-corrected chi connectivity index (χ3v) is 3.97. The highest BCUT2D eigenvalue weighted by Gasteiger charge is 2.28. The van der Waals surface area contributed by atoms with Gasteiger partial charge in [0.25, 0.3) is 0 Å². The molecule has 0 spiro atoms. The van der Waals surface area contributed by atoms with Crippen LogP contribution in [0.25, 0.3) is 0 Å². The molecule has 0 bridgehead atoms. The second-order valence-electron chi connectivity index (χ2n) is 4.82. The third-order valence-electron chi connectivity index (χ3n) is 3.23. The first-order valence-electron chi connectivity index (χ1n) is 6.24. The van der Waals surface area contributed by atoms with Crippen molar-refractivity contribution in [3.8, 4) is 0 Å². The van der Waals surface area contributed by atoms with Crippen LogP contribution in [-0.2, 0) is 0 Å². The van der Waals surface area contributed by atoms with Crippen LogP contribution in [0.4, 0.5) is 10.5 Å². The second-order valence-corrected chi connectivity index (χ2v) is 5.64. The van der Waals surface area contributed by atoms with E-state index in [0.717, 1.165) is 13.1 Å². The van der Waals surface area contributed by atoms with Crippen LogP contribution in [0.2, 0.25) is 10.0 Å². The smallest absolute Gasteiger partial charge is 0.317 e. The van der Waals surface area contributed by atoms with E-state index in [1.54, 1.807) is 18.2 Å². The average Bonchev–Trinajstić information content (AvgIpc) is 2.33. The summed E-state index contributed by atoms with van der Waals surface area (Å²) in [6, 6.07) is 5.27. The lowest BCUT2D eigenvalue weighted by molar-refractivity contribution is 0.143. The quantitative estimate of drug-likeness (QED) is 0.836. The first kappa shape index (κ1) is 14.4. The molecule has 6 heteroatoms. The molecule has 19 heavy (non-hydrogen) atoms. The van der Waals surface area contributed by atoms with Crippen LogP contribution in [0.3, 0.4) is 0 Å². The predicted molar refractivity (Wildman–Crippen MR) is 79.1 cm³/mol. The van der Waals surface area contributed by atoms with Crippen LogP contribution >= 0.6 is 23.2 Å². The second kappa shape index (κ2) is 5.99. The van der Waals surface area contributed by atoms with Gasteiger partial charge < -0.3 is 15.5 Å². The number of anilines is 1. The van der Waals surface area contributed by atoms with Gasteiger partial charge in [0.05, 0.1) is 10.0 Å². The van der Waals surface area contributed by atoms with Gasteiger partial charge in [0.2, 0.25) is 0 Å². The number of carbonyl (C=O) groups is 1. The van der Waals surface area contributed by atoms with E-state index in [1.165, 1.54) is 0 Å². The molecule has 1 aromatic carbocycles. The van der Waals surface area contributed by atoms with Crippen LogP contribution in [0.1, 0.15) is 13.8 Å². The summed E-state index contributed by atoms with van der Waals surface area (Å²) >= 11 is 11.8. The minimum atomic E-state index is -0.111. The molecule has 2 N–H and O–H groups in total. The highest BCUT2D eigenvalue weighted by Crippen LogP contribution is 2.25. The standard InChI is InChI=1S/C13H17Cl2N3O/c1-8-6-16-7-9(2)18(8)13(19)17-10-3-4-11(14)12(15)5-10/h3-5,8-9,16H,6-7H2,1-2H3,(H,17,19). The van der Waals surface area contributed by atoms with E-state index in [4.69, 9.17) is 23.2 Å². The number of nitrogens with one attached hydrogen (secondary N) is 2. The van der Waals surface area contributed by atoms with E-state index in [9.17, 15) is 4.79 Å². The fourth-order valence-corrected chi connectivity index (χ4v) is 2.59. The highest BCUT2D eigenvalue weighted by atomic mass is 35.5. The van der Waals surface area contributed by atoms with Crippen molar-refractivity contribution in [3.63, 3.8) is 0 Å². The number of carbonyl (C=O) groups excluding carboxylic acids is 1. The molecule has 0 aliphatic carbocycles. The Hall–Kier alpha value is -0.970. The Balaban J connectivity index is 2.09. The summed E-state index contributed by atoms with van der Waals surface area (Å²) in [5, 5.41) is 7.05. The number of nitrogens with zero attached hydrogens (tertiary/aromatic N) is 1.